The molecule has 0 aromatic carbocycles. The van der Waals surface area contributed by atoms with Crippen LogP contribution in [0, 0.1) is 5.92 Å². The molecule has 1 unspecified atom stereocenters. The molecule has 0 aliphatic rings. The molecule has 0 fully saturated rings. The van der Waals surface area contributed by atoms with Gasteiger partial charge in [0.1, 0.15) is 0 Å². The van der Waals surface area contributed by atoms with Crippen molar-refractivity contribution in [3.05, 3.63) is 12.2 Å². The van der Waals surface area contributed by atoms with Crippen molar-refractivity contribution < 1.29 is 14.7 Å². The maximum atomic E-state index is 10.6. The smallest absolute Gasteiger partial charge is 0.331 e. The van der Waals surface area contributed by atoms with Crippen LogP contribution >= 0.6 is 0 Å². The van der Waals surface area contributed by atoms with Gasteiger partial charge in [0, 0.05) is 5.57 Å². The monoisotopic (exact) mass is 157 g/mol. The van der Waals surface area contributed by atoms with Gasteiger partial charge in [-0.1, -0.05) is 13.5 Å². The maximum absolute atomic E-state index is 10.6. The first-order valence-corrected chi connectivity index (χ1v) is 3.22. The van der Waals surface area contributed by atoms with Crippen LogP contribution in [0.2, 0.25) is 0 Å². The molecule has 3 N–H and O–H groups in total. The molecule has 1 atom stereocenters. The second-order valence-electron chi connectivity index (χ2n) is 2.19. The fraction of sp³-hybridized carbons (Fsp3) is 0.429. The summed E-state index contributed by atoms with van der Waals surface area (Å²) in [5, 5.41) is 8.43. The van der Waals surface area contributed by atoms with E-state index in [2.05, 4.69) is 6.58 Å². The largest absolute Gasteiger partial charge is 0.478 e. The van der Waals surface area contributed by atoms with Crippen molar-refractivity contribution in [2.45, 2.75) is 13.3 Å². The molecular formula is C7H11NO3. The van der Waals surface area contributed by atoms with Crippen LogP contribution in [0.1, 0.15) is 13.3 Å². The minimum absolute atomic E-state index is 0.139. The molecule has 4 heteroatoms. The number of carbonyl (C=O) groups is 2. The molecule has 0 radical (unpaired) electrons. The lowest BCUT2D eigenvalue weighted by Gasteiger charge is -2.08. The van der Waals surface area contributed by atoms with Crippen LogP contribution in [-0.2, 0) is 9.59 Å². The Hall–Kier alpha value is -1.32. The maximum Gasteiger partial charge on any atom is 0.331 e. The van der Waals surface area contributed by atoms with Gasteiger partial charge in [-0.3, -0.25) is 4.79 Å². The van der Waals surface area contributed by atoms with Crippen molar-refractivity contribution in [2.75, 3.05) is 0 Å². The first-order chi connectivity index (χ1) is 5.00. The third-order valence-electron chi connectivity index (χ3n) is 1.45. The Kier molecular flexibility index (Phi) is 3.30. The van der Waals surface area contributed by atoms with Gasteiger partial charge in [-0.15, -0.1) is 0 Å². The van der Waals surface area contributed by atoms with Crippen molar-refractivity contribution in [3.8, 4) is 0 Å². The van der Waals surface area contributed by atoms with Gasteiger partial charge in [0.25, 0.3) is 0 Å². The zero-order chi connectivity index (χ0) is 9.02. The van der Waals surface area contributed by atoms with Crippen molar-refractivity contribution >= 4 is 11.9 Å². The molecule has 0 saturated carbocycles. The second kappa shape index (κ2) is 3.75. The summed E-state index contributed by atoms with van der Waals surface area (Å²) in [5.74, 6) is -2.55. The Morgan fingerprint density at radius 2 is 2.09 bits per heavy atom. The van der Waals surface area contributed by atoms with E-state index in [1.165, 1.54) is 0 Å². The molecule has 0 aromatic heterocycles. The number of carbonyl (C=O) groups excluding carboxylic acids is 1. The predicted molar refractivity (Wildman–Crippen MR) is 39.8 cm³/mol. The van der Waals surface area contributed by atoms with E-state index in [-0.39, 0.29) is 5.57 Å². The molecule has 4 nitrogen and oxygen atoms in total. The van der Waals surface area contributed by atoms with Crippen LogP contribution in [0.15, 0.2) is 12.2 Å². The van der Waals surface area contributed by atoms with Gasteiger partial charge < -0.3 is 10.8 Å². The molecule has 11 heavy (non-hydrogen) atoms. The summed E-state index contributed by atoms with van der Waals surface area (Å²) in [7, 11) is 0. The molecule has 0 heterocycles. The third-order valence-corrected chi connectivity index (χ3v) is 1.45. The SMILES string of the molecule is C=C(C(=O)O)C(CC)C(N)=O. The van der Waals surface area contributed by atoms with Crippen LogP contribution in [0.4, 0.5) is 0 Å². The second-order valence-corrected chi connectivity index (χ2v) is 2.19. The lowest BCUT2D eigenvalue weighted by Crippen LogP contribution is -2.26. The van der Waals surface area contributed by atoms with Crippen molar-refractivity contribution in [2.24, 2.45) is 11.7 Å². The minimum Gasteiger partial charge on any atom is -0.478 e. The van der Waals surface area contributed by atoms with Crippen LogP contribution < -0.4 is 5.73 Å². The highest BCUT2D eigenvalue weighted by Crippen LogP contribution is 2.12. The van der Waals surface area contributed by atoms with Gasteiger partial charge >= 0.3 is 5.97 Å². The number of aliphatic carboxylic acids is 1. The van der Waals surface area contributed by atoms with Gasteiger partial charge in [-0.05, 0) is 6.42 Å². The summed E-state index contributed by atoms with van der Waals surface area (Å²) < 4.78 is 0. The molecule has 1 amide bonds. The fourth-order valence-electron chi connectivity index (χ4n) is 0.768. The third kappa shape index (κ3) is 2.41. The molecule has 0 saturated heterocycles. The molecule has 0 spiro atoms. The van der Waals surface area contributed by atoms with Crippen LogP contribution in [-0.4, -0.2) is 17.0 Å². The van der Waals surface area contributed by atoms with E-state index in [1.807, 2.05) is 0 Å². The predicted octanol–water partition coefficient (Wildman–Crippen LogP) is 0.139. The number of hydrogen-bond acceptors (Lipinski definition) is 2. The summed E-state index contributed by atoms with van der Waals surface area (Å²) in [4.78, 5) is 20.9. The van der Waals surface area contributed by atoms with E-state index < -0.39 is 17.8 Å². The Morgan fingerprint density at radius 1 is 1.64 bits per heavy atom. The van der Waals surface area contributed by atoms with Crippen molar-refractivity contribution in [1.29, 1.82) is 0 Å². The number of amides is 1. The summed E-state index contributed by atoms with van der Waals surface area (Å²) in [6, 6.07) is 0. The summed E-state index contributed by atoms with van der Waals surface area (Å²) >= 11 is 0. The molecule has 62 valence electrons. The van der Waals surface area contributed by atoms with Crippen molar-refractivity contribution in [1.82, 2.24) is 0 Å². The zero-order valence-electron chi connectivity index (χ0n) is 6.33. The standard InChI is InChI=1S/C7H11NO3/c1-3-5(6(8)9)4(2)7(10)11/h5H,2-3H2,1H3,(H2,8,9)(H,10,11). The zero-order valence-corrected chi connectivity index (χ0v) is 6.33. The molecule has 0 bridgehead atoms. The first kappa shape index (κ1) is 9.68. The van der Waals surface area contributed by atoms with Crippen molar-refractivity contribution in [3.63, 3.8) is 0 Å². The van der Waals surface area contributed by atoms with E-state index in [1.54, 1.807) is 6.92 Å². The highest BCUT2D eigenvalue weighted by molar-refractivity contribution is 5.94. The highest BCUT2D eigenvalue weighted by atomic mass is 16.4. The number of nitrogens with two attached hydrogens (primary N) is 1. The van der Waals surface area contributed by atoms with E-state index >= 15 is 0 Å². The molecule has 0 aromatic rings. The summed E-state index contributed by atoms with van der Waals surface area (Å²) in [6.07, 6.45) is 0.375. The van der Waals surface area contributed by atoms with E-state index in [4.69, 9.17) is 10.8 Å². The highest BCUT2D eigenvalue weighted by Gasteiger charge is 2.21. The lowest BCUT2D eigenvalue weighted by atomic mass is 9.97. The van der Waals surface area contributed by atoms with E-state index in [0.29, 0.717) is 6.42 Å². The van der Waals surface area contributed by atoms with Crippen LogP contribution in [0.5, 0.6) is 0 Å². The minimum atomic E-state index is -1.17. The Balaban J connectivity index is 4.39. The Morgan fingerprint density at radius 3 is 2.18 bits per heavy atom. The van der Waals surface area contributed by atoms with Crippen LogP contribution in [0.3, 0.4) is 0 Å². The Labute approximate surface area is 64.7 Å². The van der Waals surface area contributed by atoms with E-state index in [9.17, 15) is 9.59 Å². The van der Waals surface area contributed by atoms with Gasteiger partial charge in [0.05, 0.1) is 5.92 Å². The number of carboxylic acid groups (broad SMARTS) is 1. The molecule has 0 aliphatic carbocycles. The lowest BCUT2D eigenvalue weighted by molar-refractivity contribution is -0.135. The normalized spacial score (nSPS) is 12.1. The number of carboxylic acids is 1. The first-order valence-electron chi connectivity index (χ1n) is 3.22. The van der Waals surface area contributed by atoms with Gasteiger partial charge in [0.15, 0.2) is 0 Å². The average Bonchev–Trinajstić information content (AvgIpc) is 1.88. The summed E-state index contributed by atoms with van der Waals surface area (Å²) in [5.41, 5.74) is 4.78. The number of primary amides is 1. The fourth-order valence-corrected chi connectivity index (χ4v) is 0.768. The molecular weight excluding hydrogens is 146 g/mol. The number of hydrogen-bond donors (Lipinski definition) is 2. The quantitative estimate of drug-likeness (QED) is 0.569. The average molecular weight is 157 g/mol. The summed E-state index contributed by atoms with van der Waals surface area (Å²) in [6.45, 7) is 4.93. The molecule has 0 aliphatic heterocycles. The van der Waals surface area contributed by atoms with Gasteiger partial charge in [-0.25, -0.2) is 4.79 Å². The number of rotatable bonds is 4. The topological polar surface area (TPSA) is 80.4 Å². The van der Waals surface area contributed by atoms with Gasteiger partial charge in [-0.2, -0.15) is 0 Å². The van der Waals surface area contributed by atoms with E-state index in [0.717, 1.165) is 0 Å². The molecule has 0 rings (SSSR count). The van der Waals surface area contributed by atoms with Gasteiger partial charge in [0.2, 0.25) is 5.91 Å². The van der Waals surface area contributed by atoms with Crippen LogP contribution in [0.25, 0.3) is 0 Å². The Bertz CT molecular complexity index is 198.